The molecule has 1 heterocycles. The highest BCUT2D eigenvalue weighted by atomic mass is 32.2. The van der Waals surface area contributed by atoms with E-state index in [0.29, 0.717) is 0 Å². The number of carbonyl (C=O) groups excluding carboxylic acids is 2. The van der Waals surface area contributed by atoms with Gasteiger partial charge >= 0.3 is 5.97 Å². The predicted octanol–water partition coefficient (Wildman–Crippen LogP) is -0.485. The Bertz CT molecular complexity index is 432. The average molecular weight is 279 g/mol. The van der Waals surface area contributed by atoms with E-state index < -0.39 is 28.2 Å². The van der Waals surface area contributed by atoms with Gasteiger partial charge < -0.3 is 9.64 Å². The van der Waals surface area contributed by atoms with Gasteiger partial charge in [0.2, 0.25) is 5.91 Å². The molecule has 18 heavy (non-hydrogen) atoms. The molecule has 8 heteroatoms. The third-order valence-corrected chi connectivity index (χ3v) is 3.16. The number of amides is 1. The average Bonchev–Trinajstić information content (AvgIpc) is 2.59. The summed E-state index contributed by atoms with van der Waals surface area (Å²) in [4.78, 5) is 24.3. The second-order valence-electron chi connectivity index (χ2n) is 4.10. The van der Waals surface area contributed by atoms with Crippen LogP contribution in [0.1, 0.15) is 20.3 Å². The van der Waals surface area contributed by atoms with Crippen LogP contribution < -0.4 is 0 Å². The van der Waals surface area contributed by atoms with Crippen LogP contribution in [0.3, 0.4) is 0 Å². The van der Waals surface area contributed by atoms with E-state index in [1.807, 2.05) is 0 Å². The highest BCUT2D eigenvalue weighted by molar-refractivity contribution is 7.86. The lowest BCUT2D eigenvalue weighted by Crippen LogP contribution is -2.40. The van der Waals surface area contributed by atoms with Crippen molar-refractivity contribution in [2.75, 3.05) is 19.4 Å². The van der Waals surface area contributed by atoms with Crippen LogP contribution in [0.25, 0.3) is 0 Å². The van der Waals surface area contributed by atoms with E-state index in [1.165, 1.54) is 11.8 Å². The van der Waals surface area contributed by atoms with Gasteiger partial charge in [-0.3, -0.25) is 8.98 Å². The van der Waals surface area contributed by atoms with Gasteiger partial charge in [0.15, 0.2) is 0 Å². The van der Waals surface area contributed by atoms with Crippen molar-refractivity contribution in [3.63, 3.8) is 0 Å². The van der Waals surface area contributed by atoms with Crippen molar-refractivity contribution >= 4 is 22.0 Å². The third-order valence-electron chi connectivity index (χ3n) is 2.54. The van der Waals surface area contributed by atoms with Gasteiger partial charge in [-0.15, -0.1) is 0 Å². The van der Waals surface area contributed by atoms with Gasteiger partial charge in [0, 0.05) is 19.9 Å². The molecule has 0 aromatic carbocycles. The minimum atomic E-state index is -3.61. The summed E-state index contributed by atoms with van der Waals surface area (Å²) in [6.07, 6.45) is 0.368. The van der Waals surface area contributed by atoms with Crippen molar-refractivity contribution in [3.05, 3.63) is 0 Å². The van der Waals surface area contributed by atoms with E-state index in [0.717, 1.165) is 6.26 Å². The molecule has 104 valence electrons. The summed E-state index contributed by atoms with van der Waals surface area (Å²) in [5, 5.41) is 0. The SMILES string of the molecule is CCOC(=O)[C@@H]1CC(OS(C)(=O)=O)CN1C(C)=O. The van der Waals surface area contributed by atoms with Gasteiger partial charge in [-0.2, -0.15) is 8.42 Å². The van der Waals surface area contributed by atoms with Crippen molar-refractivity contribution in [2.24, 2.45) is 0 Å². The number of ether oxygens (including phenoxy) is 1. The molecular weight excluding hydrogens is 262 g/mol. The van der Waals surface area contributed by atoms with Crippen molar-refractivity contribution in [1.82, 2.24) is 4.90 Å². The number of hydrogen-bond donors (Lipinski definition) is 0. The summed E-state index contributed by atoms with van der Waals surface area (Å²) < 4.78 is 31.7. The molecule has 1 amide bonds. The van der Waals surface area contributed by atoms with Crippen LogP contribution in [0.15, 0.2) is 0 Å². The molecule has 0 saturated carbocycles. The van der Waals surface area contributed by atoms with Crippen molar-refractivity contribution in [1.29, 1.82) is 0 Å². The lowest BCUT2D eigenvalue weighted by atomic mass is 10.2. The van der Waals surface area contributed by atoms with Crippen LogP contribution in [-0.4, -0.2) is 56.7 Å². The topological polar surface area (TPSA) is 90.0 Å². The second kappa shape index (κ2) is 5.66. The molecule has 0 aliphatic carbocycles. The van der Waals surface area contributed by atoms with E-state index in [1.54, 1.807) is 6.92 Å². The Balaban J connectivity index is 2.77. The third kappa shape index (κ3) is 3.95. The fourth-order valence-corrected chi connectivity index (χ4v) is 2.56. The Labute approximate surface area is 106 Å². The maximum atomic E-state index is 11.7. The Hall–Kier alpha value is -1.15. The number of nitrogens with zero attached hydrogens (tertiary/aromatic N) is 1. The molecule has 2 atom stereocenters. The first-order valence-corrected chi connectivity index (χ1v) is 7.38. The zero-order chi connectivity index (χ0) is 13.9. The van der Waals surface area contributed by atoms with Gasteiger partial charge in [-0.05, 0) is 6.92 Å². The Kier molecular flexibility index (Phi) is 4.69. The summed E-state index contributed by atoms with van der Waals surface area (Å²) in [5.74, 6) is -0.847. The summed E-state index contributed by atoms with van der Waals surface area (Å²) in [6.45, 7) is 3.26. The van der Waals surface area contributed by atoms with Crippen molar-refractivity contribution < 1.29 is 26.9 Å². The first kappa shape index (κ1) is 14.9. The summed E-state index contributed by atoms with van der Waals surface area (Å²) in [7, 11) is -3.61. The first-order chi connectivity index (χ1) is 8.24. The van der Waals surface area contributed by atoms with Crippen LogP contribution in [-0.2, 0) is 28.6 Å². The quantitative estimate of drug-likeness (QED) is 0.510. The van der Waals surface area contributed by atoms with Gasteiger partial charge in [0.1, 0.15) is 6.04 Å². The molecule has 0 aromatic heterocycles. The highest BCUT2D eigenvalue weighted by Gasteiger charge is 2.41. The molecule has 0 radical (unpaired) electrons. The van der Waals surface area contributed by atoms with Crippen LogP contribution >= 0.6 is 0 Å². The van der Waals surface area contributed by atoms with Gasteiger partial charge in [0.25, 0.3) is 10.1 Å². The van der Waals surface area contributed by atoms with E-state index >= 15 is 0 Å². The fourth-order valence-electron chi connectivity index (χ4n) is 1.92. The smallest absolute Gasteiger partial charge is 0.328 e. The number of hydrogen-bond acceptors (Lipinski definition) is 6. The van der Waals surface area contributed by atoms with Gasteiger partial charge in [0.05, 0.1) is 19.0 Å². The maximum Gasteiger partial charge on any atom is 0.328 e. The molecular formula is C10H17NO6S. The molecule has 0 aromatic rings. The lowest BCUT2D eigenvalue weighted by Gasteiger charge is -2.20. The Morgan fingerprint density at radius 3 is 2.44 bits per heavy atom. The molecule has 1 saturated heterocycles. The molecule has 0 bridgehead atoms. The number of rotatable bonds is 4. The van der Waals surface area contributed by atoms with Crippen LogP contribution in [0.5, 0.6) is 0 Å². The summed E-state index contributed by atoms with van der Waals surface area (Å²) in [6, 6.07) is -0.769. The normalized spacial score (nSPS) is 24.1. The van der Waals surface area contributed by atoms with Gasteiger partial charge in [-0.1, -0.05) is 0 Å². The molecule has 1 fully saturated rings. The molecule has 1 unspecified atom stereocenters. The van der Waals surface area contributed by atoms with E-state index in [4.69, 9.17) is 8.92 Å². The minimum absolute atomic E-state index is 0.0753. The molecule has 7 nitrogen and oxygen atoms in total. The Morgan fingerprint density at radius 2 is 2.00 bits per heavy atom. The standard InChI is InChI=1S/C10H17NO6S/c1-4-16-10(13)9-5-8(17-18(3,14)15)6-11(9)7(2)12/h8-9H,4-6H2,1-3H3/t8?,9-/m0/s1. The monoisotopic (exact) mass is 279 g/mol. The zero-order valence-electron chi connectivity index (χ0n) is 10.6. The molecule has 1 aliphatic rings. The van der Waals surface area contributed by atoms with Crippen LogP contribution in [0.4, 0.5) is 0 Å². The van der Waals surface area contributed by atoms with Crippen LogP contribution in [0.2, 0.25) is 0 Å². The van der Waals surface area contributed by atoms with E-state index in [2.05, 4.69) is 0 Å². The minimum Gasteiger partial charge on any atom is -0.464 e. The second-order valence-corrected chi connectivity index (χ2v) is 5.70. The molecule has 1 aliphatic heterocycles. The van der Waals surface area contributed by atoms with Crippen molar-refractivity contribution in [2.45, 2.75) is 32.4 Å². The molecule has 0 spiro atoms. The van der Waals surface area contributed by atoms with Gasteiger partial charge in [-0.25, -0.2) is 4.79 Å². The Morgan fingerprint density at radius 1 is 1.39 bits per heavy atom. The largest absolute Gasteiger partial charge is 0.464 e. The van der Waals surface area contributed by atoms with Crippen LogP contribution in [0, 0.1) is 0 Å². The number of esters is 1. The number of likely N-dealkylation sites (tertiary alicyclic amines) is 1. The first-order valence-electron chi connectivity index (χ1n) is 5.56. The highest BCUT2D eigenvalue weighted by Crippen LogP contribution is 2.22. The maximum absolute atomic E-state index is 11.7. The summed E-state index contributed by atoms with van der Waals surface area (Å²) >= 11 is 0. The predicted molar refractivity (Wildman–Crippen MR) is 62.1 cm³/mol. The van der Waals surface area contributed by atoms with E-state index in [9.17, 15) is 18.0 Å². The zero-order valence-corrected chi connectivity index (χ0v) is 11.4. The van der Waals surface area contributed by atoms with Crippen molar-refractivity contribution in [3.8, 4) is 0 Å². The number of carbonyl (C=O) groups is 2. The van der Waals surface area contributed by atoms with E-state index in [-0.39, 0.29) is 25.5 Å². The molecule has 1 rings (SSSR count). The fraction of sp³-hybridized carbons (Fsp3) is 0.800. The summed E-state index contributed by atoms with van der Waals surface area (Å²) in [5.41, 5.74) is 0. The molecule has 0 N–H and O–H groups in total. The lowest BCUT2D eigenvalue weighted by molar-refractivity contribution is -0.152.